The largest absolute Gasteiger partial charge is 0.327 e. The highest BCUT2D eigenvalue weighted by Crippen LogP contribution is 2.51. The molecule has 2 N–H and O–H groups in total. The van der Waals surface area contributed by atoms with Crippen molar-refractivity contribution in [2.75, 3.05) is 0 Å². The van der Waals surface area contributed by atoms with Crippen molar-refractivity contribution in [1.29, 1.82) is 0 Å². The van der Waals surface area contributed by atoms with Crippen LogP contribution in [0, 0.1) is 18.8 Å². The van der Waals surface area contributed by atoms with Gasteiger partial charge >= 0.3 is 0 Å². The van der Waals surface area contributed by atoms with E-state index in [9.17, 15) is 0 Å². The Balaban J connectivity index is 1.97. The van der Waals surface area contributed by atoms with Crippen molar-refractivity contribution in [3.63, 3.8) is 0 Å². The molecular weight excluding hydrogens is 188 g/mol. The number of nitrogens with two attached hydrogens (primary N) is 1. The molecule has 0 aliphatic heterocycles. The van der Waals surface area contributed by atoms with Crippen LogP contribution in [0.4, 0.5) is 0 Å². The van der Waals surface area contributed by atoms with E-state index in [1.165, 1.54) is 19.3 Å². The lowest BCUT2D eigenvalue weighted by Gasteiger charge is -2.26. The van der Waals surface area contributed by atoms with Gasteiger partial charge in [-0.15, -0.1) is 0 Å². The number of hydrogen-bond donors (Lipinski definition) is 1. The van der Waals surface area contributed by atoms with Crippen LogP contribution in [0.15, 0.2) is 0 Å². The highest BCUT2D eigenvalue weighted by Gasteiger charge is 2.48. The first-order valence-corrected chi connectivity index (χ1v) is 5.80. The minimum Gasteiger partial charge on any atom is -0.327 e. The summed E-state index contributed by atoms with van der Waals surface area (Å²) in [5, 5.41) is 4.32. The Morgan fingerprint density at radius 2 is 2.07 bits per heavy atom. The molecule has 3 rings (SSSR count). The molecule has 4 heteroatoms. The highest BCUT2D eigenvalue weighted by atomic mass is 15.3. The Bertz CT molecular complexity index is 382. The molecule has 2 aliphatic rings. The SMILES string of the molecule is Cc1nc(C2C3CCC(C3)C2N)n(C)n1. The van der Waals surface area contributed by atoms with Crippen LogP contribution in [0.25, 0.3) is 0 Å². The number of hydrogen-bond acceptors (Lipinski definition) is 3. The quantitative estimate of drug-likeness (QED) is 0.744. The molecule has 82 valence electrons. The van der Waals surface area contributed by atoms with E-state index in [0.717, 1.165) is 23.5 Å². The van der Waals surface area contributed by atoms with Crippen molar-refractivity contribution in [2.24, 2.45) is 24.6 Å². The molecule has 0 aromatic carbocycles. The van der Waals surface area contributed by atoms with Gasteiger partial charge in [-0.25, -0.2) is 4.98 Å². The van der Waals surface area contributed by atoms with Crippen molar-refractivity contribution in [3.8, 4) is 0 Å². The van der Waals surface area contributed by atoms with E-state index in [4.69, 9.17) is 5.73 Å². The van der Waals surface area contributed by atoms with Crippen LogP contribution < -0.4 is 5.73 Å². The van der Waals surface area contributed by atoms with Crippen LogP contribution in [0.5, 0.6) is 0 Å². The Labute approximate surface area is 89.9 Å². The summed E-state index contributed by atoms with van der Waals surface area (Å²) in [5.41, 5.74) is 6.29. The second-order valence-corrected chi connectivity index (χ2v) is 5.08. The summed E-state index contributed by atoms with van der Waals surface area (Å²) < 4.78 is 1.92. The van der Waals surface area contributed by atoms with Crippen molar-refractivity contribution >= 4 is 0 Å². The van der Waals surface area contributed by atoms with Crippen LogP contribution in [0.3, 0.4) is 0 Å². The Morgan fingerprint density at radius 3 is 2.60 bits per heavy atom. The fourth-order valence-corrected chi connectivity index (χ4v) is 3.54. The maximum atomic E-state index is 6.29. The summed E-state index contributed by atoms with van der Waals surface area (Å²) in [5.74, 6) is 3.91. The fourth-order valence-electron chi connectivity index (χ4n) is 3.54. The van der Waals surface area contributed by atoms with Crippen molar-refractivity contribution < 1.29 is 0 Å². The van der Waals surface area contributed by atoms with Crippen molar-refractivity contribution in [2.45, 2.75) is 38.1 Å². The first kappa shape index (κ1) is 9.33. The maximum Gasteiger partial charge on any atom is 0.147 e. The lowest BCUT2D eigenvalue weighted by atomic mass is 9.84. The summed E-state index contributed by atoms with van der Waals surface area (Å²) in [6.45, 7) is 1.95. The fraction of sp³-hybridized carbons (Fsp3) is 0.818. The van der Waals surface area contributed by atoms with Crippen LogP contribution in [-0.2, 0) is 7.05 Å². The standard InChI is InChI=1S/C11H18N4/c1-6-13-11(15(2)14-6)9-7-3-4-8(5-7)10(9)12/h7-10H,3-5,12H2,1-2H3. The number of fused-ring (bicyclic) bond motifs is 2. The molecule has 0 amide bonds. The predicted molar refractivity (Wildman–Crippen MR) is 57.3 cm³/mol. The predicted octanol–water partition coefficient (Wildman–Crippen LogP) is 0.964. The smallest absolute Gasteiger partial charge is 0.147 e. The highest BCUT2D eigenvalue weighted by molar-refractivity contribution is 5.14. The average Bonchev–Trinajstić information content (AvgIpc) is 2.81. The molecule has 1 heterocycles. The zero-order chi connectivity index (χ0) is 10.6. The molecule has 2 aliphatic carbocycles. The molecule has 2 fully saturated rings. The van der Waals surface area contributed by atoms with Gasteiger partial charge in [0.05, 0.1) is 0 Å². The summed E-state index contributed by atoms with van der Waals surface area (Å²) in [6, 6.07) is 0.311. The Morgan fingerprint density at radius 1 is 1.33 bits per heavy atom. The minimum absolute atomic E-state index is 0.311. The normalized spacial score (nSPS) is 38.9. The third-order valence-electron chi connectivity index (χ3n) is 4.18. The van der Waals surface area contributed by atoms with Crippen LogP contribution in [0.1, 0.15) is 36.8 Å². The van der Waals surface area contributed by atoms with Gasteiger partial charge in [0.25, 0.3) is 0 Å². The molecule has 4 atom stereocenters. The van der Waals surface area contributed by atoms with E-state index in [1.54, 1.807) is 0 Å². The van der Waals surface area contributed by atoms with Crippen molar-refractivity contribution in [3.05, 3.63) is 11.6 Å². The second kappa shape index (κ2) is 3.04. The number of nitrogens with zero attached hydrogens (tertiary/aromatic N) is 3. The third-order valence-corrected chi connectivity index (χ3v) is 4.18. The molecule has 2 saturated carbocycles. The molecule has 0 spiro atoms. The van der Waals surface area contributed by atoms with E-state index < -0.39 is 0 Å². The summed E-state index contributed by atoms with van der Waals surface area (Å²) in [7, 11) is 1.98. The van der Waals surface area contributed by atoms with Gasteiger partial charge in [0, 0.05) is 19.0 Å². The minimum atomic E-state index is 0.311. The van der Waals surface area contributed by atoms with Gasteiger partial charge in [-0.05, 0) is 38.0 Å². The van der Waals surface area contributed by atoms with Gasteiger partial charge in [-0.2, -0.15) is 5.10 Å². The number of rotatable bonds is 1. The van der Waals surface area contributed by atoms with Crippen LogP contribution in [-0.4, -0.2) is 20.8 Å². The van der Waals surface area contributed by atoms with Gasteiger partial charge in [-0.1, -0.05) is 0 Å². The van der Waals surface area contributed by atoms with Gasteiger partial charge in [-0.3, -0.25) is 4.68 Å². The Kier molecular flexibility index (Phi) is 1.89. The second-order valence-electron chi connectivity index (χ2n) is 5.08. The first-order chi connectivity index (χ1) is 7.16. The monoisotopic (exact) mass is 206 g/mol. The molecule has 0 radical (unpaired) electrons. The van der Waals surface area contributed by atoms with Gasteiger partial charge in [0.1, 0.15) is 11.6 Å². The molecule has 1 aromatic rings. The molecule has 0 saturated heterocycles. The van der Waals surface area contributed by atoms with Crippen LogP contribution >= 0.6 is 0 Å². The maximum absolute atomic E-state index is 6.29. The molecule has 4 unspecified atom stereocenters. The average molecular weight is 206 g/mol. The topological polar surface area (TPSA) is 56.7 Å². The van der Waals surface area contributed by atoms with E-state index in [2.05, 4.69) is 10.1 Å². The zero-order valence-corrected chi connectivity index (χ0v) is 9.35. The number of aryl methyl sites for hydroxylation is 2. The molecule has 15 heavy (non-hydrogen) atoms. The van der Waals surface area contributed by atoms with E-state index >= 15 is 0 Å². The lowest BCUT2D eigenvalue weighted by molar-refractivity contribution is 0.346. The van der Waals surface area contributed by atoms with Gasteiger partial charge in [0.15, 0.2) is 0 Å². The van der Waals surface area contributed by atoms with E-state index in [1.807, 2.05) is 18.7 Å². The number of aromatic nitrogens is 3. The zero-order valence-electron chi connectivity index (χ0n) is 9.35. The molecular formula is C11H18N4. The Hall–Kier alpha value is -0.900. The van der Waals surface area contributed by atoms with Crippen LogP contribution in [0.2, 0.25) is 0 Å². The molecule has 2 bridgehead atoms. The van der Waals surface area contributed by atoms with Gasteiger partial charge < -0.3 is 5.73 Å². The van der Waals surface area contributed by atoms with Crippen molar-refractivity contribution in [1.82, 2.24) is 14.8 Å². The summed E-state index contributed by atoms with van der Waals surface area (Å²) in [4.78, 5) is 4.53. The summed E-state index contributed by atoms with van der Waals surface area (Å²) in [6.07, 6.45) is 3.95. The van der Waals surface area contributed by atoms with E-state index in [0.29, 0.717) is 12.0 Å². The van der Waals surface area contributed by atoms with E-state index in [-0.39, 0.29) is 0 Å². The molecule has 4 nitrogen and oxygen atoms in total. The third kappa shape index (κ3) is 1.24. The first-order valence-electron chi connectivity index (χ1n) is 5.80. The molecule has 1 aromatic heterocycles. The summed E-state index contributed by atoms with van der Waals surface area (Å²) >= 11 is 0. The lowest BCUT2D eigenvalue weighted by Crippen LogP contribution is -2.35. The van der Waals surface area contributed by atoms with Gasteiger partial charge in [0.2, 0.25) is 0 Å².